The van der Waals surface area contributed by atoms with Gasteiger partial charge < -0.3 is 40.4 Å². The lowest BCUT2D eigenvalue weighted by molar-refractivity contribution is -0.313. The molecule has 1 aliphatic rings. The summed E-state index contributed by atoms with van der Waals surface area (Å²) in [6.07, 6.45) is -5.31. The van der Waals surface area contributed by atoms with Gasteiger partial charge in [-0.15, -0.1) is 0 Å². The molecule has 1 fully saturated rings. The molecule has 8 nitrogen and oxygen atoms in total. The Morgan fingerprint density at radius 2 is 1.76 bits per heavy atom. The fourth-order valence-electron chi connectivity index (χ4n) is 3.25. The minimum absolute atomic E-state index is 0.369. The highest BCUT2D eigenvalue weighted by Gasteiger charge is 2.51. The Balaban J connectivity index is 1.85. The van der Waals surface area contributed by atoms with E-state index >= 15 is 0 Å². The monoisotopic (exact) mass is 405 g/mol. The fraction of sp³-hybridized carbons (Fsp3) is 0.429. The Morgan fingerprint density at radius 3 is 2.38 bits per heavy atom. The van der Waals surface area contributed by atoms with E-state index in [1.165, 1.54) is 6.92 Å². The second-order valence-corrected chi connectivity index (χ2v) is 7.39. The fourth-order valence-corrected chi connectivity index (χ4v) is 3.25. The highest BCUT2D eigenvalue weighted by Crippen LogP contribution is 2.33. The van der Waals surface area contributed by atoms with E-state index in [9.17, 15) is 20.4 Å². The van der Waals surface area contributed by atoms with Crippen LogP contribution in [0.15, 0.2) is 42.5 Å². The number of nitrogen functional groups attached to an aromatic ring is 1. The van der Waals surface area contributed by atoms with Crippen molar-refractivity contribution in [2.45, 2.75) is 43.5 Å². The molecule has 8 heteroatoms. The quantitative estimate of drug-likeness (QED) is 0.437. The van der Waals surface area contributed by atoms with Crippen LogP contribution < -0.4 is 15.2 Å². The van der Waals surface area contributed by atoms with Crippen LogP contribution in [0.4, 0.5) is 5.69 Å². The molecular weight excluding hydrogens is 378 g/mol. The van der Waals surface area contributed by atoms with E-state index in [2.05, 4.69) is 0 Å². The van der Waals surface area contributed by atoms with Gasteiger partial charge in [-0.3, -0.25) is 0 Å². The lowest BCUT2D eigenvalue weighted by atomic mass is 9.89. The second kappa shape index (κ2) is 8.56. The van der Waals surface area contributed by atoms with Crippen molar-refractivity contribution < 1.29 is 34.6 Å². The predicted molar refractivity (Wildman–Crippen MR) is 106 cm³/mol. The van der Waals surface area contributed by atoms with Crippen LogP contribution >= 0.6 is 0 Å². The maximum atomic E-state index is 10.3. The summed E-state index contributed by atoms with van der Waals surface area (Å²) in [6, 6.07) is 12.7. The molecule has 0 unspecified atom stereocenters. The van der Waals surface area contributed by atoms with Crippen LogP contribution in [0.2, 0.25) is 0 Å². The normalized spacial score (nSPS) is 29.4. The topological polar surface area (TPSA) is 135 Å². The van der Waals surface area contributed by atoms with Gasteiger partial charge in [0.05, 0.1) is 13.7 Å². The first-order chi connectivity index (χ1) is 13.8. The van der Waals surface area contributed by atoms with Crippen molar-refractivity contribution in [3.05, 3.63) is 53.6 Å². The Labute approximate surface area is 169 Å². The van der Waals surface area contributed by atoms with E-state index < -0.39 is 36.8 Å². The zero-order chi connectivity index (χ0) is 21.2. The average Bonchev–Trinajstić information content (AvgIpc) is 2.73. The molecule has 0 saturated carbocycles. The van der Waals surface area contributed by atoms with Gasteiger partial charge in [0.1, 0.15) is 35.4 Å². The maximum absolute atomic E-state index is 10.3. The van der Waals surface area contributed by atoms with Crippen molar-refractivity contribution in [2.24, 2.45) is 0 Å². The highest BCUT2D eigenvalue weighted by atomic mass is 16.7. The summed E-state index contributed by atoms with van der Waals surface area (Å²) >= 11 is 0. The summed E-state index contributed by atoms with van der Waals surface area (Å²) in [4.78, 5) is 0. The first-order valence-electron chi connectivity index (χ1n) is 9.28. The molecule has 0 radical (unpaired) electrons. The van der Waals surface area contributed by atoms with Crippen molar-refractivity contribution >= 4 is 5.69 Å². The molecule has 29 heavy (non-hydrogen) atoms. The molecule has 1 saturated heterocycles. The summed E-state index contributed by atoms with van der Waals surface area (Å²) in [5.41, 5.74) is 6.65. The molecule has 0 amide bonds. The van der Waals surface area contributed by atoms with Crippen molar-refractivity contribution in [3.63, 3.8) is 0 Å². The Kier molecular flexibility index (Phi) is 6.30. The number of anilines is 1. The molecule has 1 heterocycles. The van der Waals surface area contributed by atoms with Crippen LogP contribution in [0.3, 0.4) is 0 Å². The van der Waals surface area contributed by atoms with Crippen LogP contribution in [0.25, 0.3) is 0 Å². The third kappa shape index (κ3) is 4.47. The average molecular weight is 405 g/mol. The van der Waals surface area contributed by atoms with Gasteiger partial charge in [-0.25, -0.2) is 0 Å². The Bertz CT molecular complexity index is 828. The number of ether oxygens (including phenoxy) is 3. The van der Waals surface area contributed by atoms with Crippen LogP contribution in [0.1, 0.15) is 18.1 Å². The molecule has 3 rings (SSSR count). The van der Waals surface area contributed by atoms with E-state index in [4.69, 9.17) is 19.9 Å². The number of rotatable bonds is 6. The molecule has 5 atom stereocenters. The van der Waals surface area contributed by atoms with Gasteiger partial charge in [0.15, 0.2) is 0 Å². The van der Waals surface area contributed by atoms with Gasteiger partial charge in [-0.05, 0) is 36.2 Å². The summed E-state index contributed by atoms with van der Waals surface area (Å²) in [5.74, 6) is 1.12. The third-order valence-corrected chi connectivity index (χ3v) is 5.17. The third-order valence-electron chi connectivity index (χ3n) is 5.17. The van der Waals surface area contributed by atoms with Gasteiger partial charge in [-0.2, -0.15) is 0 Å². The smallest absolute Gasteiger partial charge is 0.229 e. The van der Waals surface area contributed by atoms with Gasteiger partial charge in [0.2, 0.25) is 6.29 Å². The molecule has 6 N–H and O–H groups in total. The molecule has 0 aliphatic carbocycles. The minimum Gasteiger partial charge on any atom is -0.497 e. The lowest BCUT2D eigenvalue weighted by Gasteiger charge is -2.45. The Morgan fingerprint density at radius 1 is 1.07 bits per heavy atom. The first-order valence-corrected chi connectivity index (χ1v) is 9.28. The standard InChI is InChI=1S/C21H27NO7/c1-21(11-23)19(26)17(24)18(25)20(29-21)28-16-10-14(22)6-5-13(16)9-12-3-7-15(27-2)8-4-12/h3-8,10,17-20,23-26H,9,11,22H2,1-2H3/t17-,18-,19+,20+,21-/m1/s1. The van der Waals surface area contributed by atoms with Crippen molar-refractivity contribution in [1.29, 1.82) is 0 Å². The molecular formula is C21H27NO7. The SMILES string of the molecule is COc1ccc(Cc2ccc(N)cc2O[C@H]2O[C@](C)(CO)[C@@H](O)[C@H](O)[C@H]2O)cc1. The molecule has 0 aromatic heterocycles. The van der Waals surface area contributed by atoms with Gasteiger partial charge in [0, 0.05) is 18.2 Å². The molecule has 1 aliphatic heterocycles. The summed E-state index contributed by atoms with van der Waals surface area (Å²) in [7, 11) is 1.60. The van der Waals surface area contributed by atoms with Crippen LogP contribution in [0.5, 0.6) is 11.5 Å². The van der Waals surface area contributed by atoms with Gasteiger partial charge >= 0.3 is 0 Å². The largest absolute Gasteiger partial charge is 0.497 e. The number of hydrogen-bond donors (Lipinski definition) is 5. The number of benzene rings is 2. The maximum Gasteiger partial charge on any atom is 0.229 e. The minimum atomic E-state index is -1.54. The number of aliphatic hydroxyl groups excluding tert-OH is 4. The van der Waals surface area contributed by atoms with Crippen molar-refractivity contribution in [3.8, 4) is 11.5 Å². The van der Waals surface area contributed by atoms with Gasteiger partial charge in [0.25, 0.3) is 0 Å². The number of aliphatic hydroxyl groups is 4. The van der Waals surface area contributed by atoms with Crippen LogP contribution in [0, 0.1) is 0 Å². The van der Waals surface area contributed by atoms with Crippen LogP contribution in [-0.4, -0.2) is 64.3 Å². The van der Waals surface area contributed by atoms with Crippen molar-refractivity contribution in [2.75, 3.05) is 19.5 Å². The van der Waals surface area contributed by atoms with Crippen molar-refractivity contribution in [1.82, 2.24) is 0 Å². The summed E-state index contributed by atoms with van der Waals surface area (Å²) in [5, 5.41) is 40.2. The molecule has 0 bridgehead atoms. The van der Waals surface area contributed by atoms with E-state index in [0.29, 0.717) is 17.9 Å². The summed E-state index contributed by atoms with van der Waals surface area (Å²) < 4.78 is 16.6. The van der Waals surface area contributed by atoms with Crippen LogP contribution in [-0.2, 0) is 11.2 Å². The molecule has 158 valence electrons. The number of nitrogens with two attached hydrogens (primary N) is 1. The second-order valence-electron chi connectivity index (χ2n) is 7.39. The number of hydrogen-bond acceptors (Lipinski definition) is 8. The van der Waals surface area contributed by atoms with E-state index in [1.807, 2.05) is 24.3 Å². The van der Waals surface area contributed by atoms with Gasteiger partial charge in [-0.1, -0.05) is 18.2 Å². The van der Waals surface area contributed by atoms with E-state index in [0.717, 1.165) is 16.9 Å². The summed E-state index contributed by atoms with van der Waals surface area (Å²) in [6.45, 7) is 0.869. The first kappa shape index (κ1) is 21.4. The highest BCUT2D eigenvalue weighted by molar-refractivity contribution is 5.50. The van der Waals surface area contributed by atoms with E-state index in [-0.39, 0.29) is 0 Å². The molecule has 0 spiro atoms. The number of methoxy groups -OCH3 is 1. The van der Waals surface area contributed by atoms with E-state index in [1.54, 1.807) is 25.3 Å². The molecule has 2 aromatic carbocycles. The predicted octanol–water partition coefficient (Wildman–Crippen LogP) is 0.437. The zero-order valence-corrected chi connectivity index (χ0v) is 16.4. The zero-order valence-electron chi connectivity index (χ0n) is 16.4. The Hall–Kier alpha value is -2.36. The lowest BCUT2D eigenvalue weighted by Crippen LogP contribution is -2.65. The molecule has 2 aromatic rings.